The Morgan fingerprint density at radius 2 is 1.58 bits per heavy atom. The van der Waals surface area contributed by atoms with Gasteiger partial charge in [0.15, 0.2) is 11.5 Å². The van der Waals surface area contributed by atoms with E-state index in [1.54, 1.807) is 63.8 Å². The molecule has 2 N–H and O–H groups in total. The van der Waals surface area contributed by atoms with Gasteiger partial charge in [0.25, 0.3) is 11.8 Å². The number of methoxy groups -OCH3 is 3. The lowest BCUT2D eigenvalue weighted by Gasteiger charge is -2.29. The molecule has 0 radical (unpaired) electrons. The minimum absolute atomic E-state index is 0.0788. The molecule has 10 heteroatoms. The number of anilines is 3. The minimum atomic E-state index is -0.306. The Bertz CT molecular complexity index is 2120. The van der Waals surface area contributed by atoms with Gasteiger partial charge >= 0.3 is 0 Å². The Labute approximate surface area is 277 Å². The maximum absolute atomic E-state index is 14.0. The van der Waals surface area contributed by atoms with Crippen LogP contribution < -0.4 is 29.7 Å². The molecule has 4 aromatic carbocycles. The monoisotopic (exact) mass is 640 g/mol. The van der Waals surface area contributed by atoms with Crippen molar-refractivity contribution in [3.05, 3.63) is 113 Å². The van der Waals surface area contributed by atoms with E-state index in [0.717, 1.165) is 27.8 Å². The molecule has 0 saturated heterocycles. The molecule has 0 saturated carbocycles. The summed E-state index contributed by atoms with van der Waals surface area (Å²) >= 11 is 0. The van der Waals surface area contributed by atoms with Crippen LogP contribution in [0.1, 0.15) is 44.0 Å². The molecular formula is C38H32N4O6. The first-order valence-corrected chi connectivity index (χ1v) is 15.4. The zero-order valence-electron chi connectivity index (χ0n) is 26.6. The van der Waals surface area contributed by atoms with Crippen molar-refractivity contribution in [1.29, 1.82) is 0 Å². The molecule has 7 rings (SSSR count). The van der Waals surface area contributed by atoms with Crippen LogP contribution in [0.2, 0.25) is 0 Å². The van der Waals surface area contributed by atoms with Crippen LogP contribution in [0.4, 0.5) is 17.1 Å². The summed E-state index contributed by atoms with van der Waals surface area (Å²) < 4.78 is 16.6. The van der Waals surface area contributed by atoms with Crippen molar-refractivity contribution in [2.75, 3.05) is 43.4 Å². The number of nitrogens with one attached hydrogen (secondary N) is 2. The second kappa shape index (κ2) is 12.6. The Hall–Kier alpha value is -6.16. The average Bonchev–Trinajstić information content (AvgIpc) is 3.50. The van der Waals surface area contributed by atoms with Crippen molar-refractivity contribution in [1.82, 2.24) is 4.98 Å². The van der Waals surface area contributed by atoms with Crippen molar-refractivity contribution in [3.63, 3.8) is 0 Å². The summed E-state index contributed by atoms with van der Waals surface area (Å²) in [6.07, 6.45) is 3.38. The Balaban J connectivity index is 1.19. The number of nitrogens with zero attached hydrogens (tertiary/aromatic N) is 2. The molecular weight excluding hydrogens is 608 g/mol. The summed E-state index contributed by atoms with van der Waals surface area (Å²) in [5, 5.41) is 6.59. The van der Waals surface area contributed by atoms with Crippen LogP contribution in [-0.4, -0.2) is 50.6 Å². The fraction of sp³-hybridized carbons (Fsp3) is 0.158. The van der Waals surface area contributed by atoms with Crippen molar-refractivity contribution in [2.45, 2.75) is 12.8 Å². The van der Waals surface area contributed by atoms with Crippen molar-refractivity contribution in [2.24, 2.45) is 0 Å². The molecule has 1 aromatic heterocycles. The summed E-state index contributed by atoms with van der Waals surface area (Å²) in [6, 6.07) is 25.3. The van der Waals surface area contributed by atoms with E-state index >= 15 is 0 Å². The van der Waals surface area contributed by atoms with Crippen LogP contribution in [-0.2, 0) is 11.2 Å². The number of fused-ring (bicyclic) bond motifs is 3. The van der Waals surface area contributed by atoms with Crippen molar-refractivity contribution in [3.8, 4) is 17.2 Å². The summed E-state index contributed by atoms with van der Waals surface area (Å²) in [5.41, 5.74) is 6.94. The summed E-state index contributed by atoms with van der Waals surface area (Å²) in [7, 11) is 4.73. The minimum Gasteiger partial charge on any atom is -0.493 e. The maximum Gasteiger partial charge on any atom is 0.258 e. The zero-order chi connectivity index (χ0) is 33.4. The number of amides is 3. The first-order valence-electron chi connectivity index (χ1n) is 15.4. The molecule has 240 valence electrons. The molecule has 0 atom stereocenters. The first kappa shape index (κ1) is 30.5. The number of hydrogen-bond donors (Lipinski definition) is 2. The molecule has 3 amide bonds. The number of pyridine rings is 1. The number of para-hydroxylation sites is 3. The van der Waals surface area contributed by atoms with E-state index in [1.165, 1.54) is 4.90 Å². The van der Waals surface area contributed by atoms with Crippen LogP contribution in [0.25, 0.3) is 22.6 Å². The normalized spacial score (nSPS) is 14.3. The van der Waals surface area contributed by atoms with Crippen LogP contribution in [0.5, 0.6) is 17.2 Å². The van der Waals surface area contributed by atoms with E-state index in [1.807, 2.05) is 48.5 Å². The molecule has 1 aliphatic carbocycles. The van der Waals surface area contributed by atoms with Crippen molar-refractivity contribution < 1.29 is 28.6 Å². The van der Waals surface area contributed by atoms with Gasteiger partial charge in [-0.1, -0.05) is 30.3 Å². The standard InChI is InChI=1S/C38H32N4O6/c1-46-31-19-22(20-32(47-2)36(31)48-3)18-24-14-17-27-34(26-8-4-5-9-28(26)41-35(24)27)37(44)39-25-15-12-23(13-16-25)38(45)42-21-33(43)40-29-10-6-7-11-30(29)42/h4-13,15-16,18-20H,14,17,21H2,1-3H3,(H,39,44)(H,40,43)/b24-18+. The van der Waals surface area contributed by atoms with Gasteiger partial charge in [0.2, 0.25) is 11.7 Å². The van der Waals surface area contributed by atoms with Gasteiger partial charge in [-0.15, -0.1) is 0 Å². The third-order valence-electron chi connectivity index (χ3n) is 8.60. The van der Waals surface area contributed by atoms with Crippen LogP contribution in [0, 0.1) is 0 Å². The van der Waals surface area contributed by atoms with E-state index in [0.29, 0.717) is 63.8 Å². The van der Waals surface area contributed by atoms with Gasteiger partial charge < -0.3 is 24.8 Å². The number of carbonyl (C=O) groups excluding carboxylic acids is 3. The highest BCUT2D eigenvalue weighted by molar-refractivity contribution is 6.16. The fourth-order valence-corrected chi connectivity index (χ4v) is 6.38. The molecule has 0 unspecified atom stereocenters. The van der Waals surface area contributed by atoms with Gasteiger partial charge in [-0.05, 0) is 90.2 Å². The van der Waals surface area contributed by atoms with Crippen LogP contribution in [0.15, 0.2) is 84.9 Å². The molecule has 2 heterocycles. The first-order chi connectivity index (χ1) is 23.4. The molecule has 0 bridgehead atoms. The fourth-order valence-electron chi connectivity index (χ4n) is 6.38. The predicted molar refractivity (Wildman–Crippen MR) is 185 cm³/mol. The lowest BCUT2D eigenvalue weighted by molar-refractivity contribution is -0.115. The predicted octanol–water partition coefficient (Wildman–Crippen LogP) is 6.60. The third-order valence-corrected chi connectivity index (χ3v) is 8.60. The van der Waals surface area contributed by atoms with Gasteiger partial charge in [-0.25, -0.2) is 4.98 Å². The van der Waals surface area contributed by atoms with Gasteiger partial charge in [-0.2, -0.15) is 0 Å². The Morgan fingerprint density at radius 1 is 0.875 bits per heavy atom. The van der Waals surface area contributed by atoms with E-state index in [9.17, 15) is 14.4 Å². The van der Waals surface area contributed by atoms with Gasteiger partial charge in [0.05, 0.1) is 49.5 Å². The number of benzene rings is 4. The number of carbonyl (C=O) groups is 3. The Kier molecular flexibility index (Phi) is 7.98. The topological polar surface area (TPSA) is 119 Å². The Morgan fingerprint density at radius 3 is 2.31 bits per heavy atom. The van der Waals surface area contributed by atoms with Gasteiger partial charge in [-0.3, -0.25) is 19.3 Å². The highest BCUT2D eigenvalue weighted by atomic mass is 16.5. The molecule has 0 spiro atoms. The highest BCUT2D eigenvalue weighted by Crippen LogP contribution is 2.42. The number of aromatic nitrogens is 1. The SMILES string of the molecule is COc1cc(/C=C2\CCc3c2nc2ccccc2c3C(=O)Nc2ccc(C(=O)N3CC(=O)Nc4ccccc43)cc2)cc(OC)c1OC. The molecule has 48 heavy (non-hydrogen) atoms. The van der Waals surface area contributed by atoms with Gasteiger partial charge in [0, 0.05) is 16.6 Å². The second-order valence-corrected chi connectivity index (χ2v) is 11.4. The zero-order valence-corrected chi connectivity index (χ0v) is 26.6. The lowest BCUT2D eigenvalue weighted by Crippen LogP contribution is -2.42. The summed E-state index contributed by atoms with van der Waals surface area (Å²) in [4.78, 5) is 46.2. The van der Waals surface area contributed by atoms with E-state index < -0.39 is 0 Å². The summed E-state index contributed by atoms with van der Waals surface area (Å²) in [5.74, 6) is 0.780. The maximum atomic E-state index is 14.0. The lowest BCUT2D eigenvalue weighted by atomic mass is 9.99. The smallest absolute Gasteiger partial charge is 0.258 e. The molecule has 1 aliphatic heterocycles. The van der Waals surface area contributed by atoms with E-state index in [4.69, 9.17) is 19.2 Å². The number of hydrogen-bond acceptors (Lipinski definition) is 7. The molecule has 2 aliphatic rings. The number of ether oxygens (including phenoxy) is 3. The van der Waals surface area contributed by atoms with E-state index in [-0.39, 0.29) is 24.3 Å². The number of rotatable bonds is 7. The average molecular weight is 641 g/mol. The third kappa shape index (κ3) is 5.47. The van der Waals surface area contributed by atoms with Gasteiger partial charge in [0.1, 0.15) is 6.54 Å². The second-order valence-electron chi connectivity index (χ2n) is 11.4. The highest BCUT2D eigenvalue weighted by Gasteiger charge is 2.29. The largest absolute Gasteiger partial charge is 0.493 e. The van der Waals surface area contributed by atoms with Crippen molar-refractivity contribution >= 4 is 57.3 Å². The quantitative estimate of drug-likeness (QED) is 0.206. The van der Waals surface area contributed by atoms with Crippen LogP contribution in [0.3, 0.4) is 0 Å². The molecule has 10 nitrogen and oxygen atoms in total. The van der Waals surface area contributed by atoms with E-state index in [2.05, 4.69) is 10.6 Å². The molecule has 0 fully saturated rings. The molecule has 5 aromatic rings. The summed E-state index contributed by atoms with van der Waals surface area (Å²) in [6.45, 7) is -0.0788. The number of allylic oxidation sites excluding steroid dienone is 1. The van der Waals surface area contributed by atoms with Crippen LogP contribution >= 0.6 is 0 Å².